The summed E-state index contributed by atoms with van der Waals surface area (Å²) in [4.78, 5) is 34.0. The molecule has 168 valence electrons. The Kier molecular flexibility index (Phi) is 6.40. The van der Waals surface area contributed by atoms with Gasteiger partial charge >= 0.3 is 0 Å². The summed E-state index contributed by atoms with van der Waals surface area (Å²) in [6.07, 6.45) is 0.627. The van der Waals surface area contributed by atoms with Crippen LogP contribution in [-0.2, 0) is 0 Å². The molecule has 0 aliphatic carbocycles. The van der Waals surface area contributed by atoms with E-state index in [0.717, 1.165) is 16.8 Å². The second-order valence-electron chi connectivity index (χ2n) is 8.30. The van der Waals surface area contributed by atoms with E-state index in [1.165, 1.54) is 0 Å². The molecule has 0 spiro atoms. The van der Waals surface area contributed by atoms with Crippen LogP contribution in [-0.4, -0.2) is 26.9 Å². The molecule has 0 saturated heterocycles. The lowest BCUT2D eigenvalue weighted by Crippen LogP contribution is -2.38. The number of rotatable bonds is 6. The first-order chi connectivity index (χ1) is 16.0. The van der Waals surface area contributed by atoms with Crippen molar-refractivity contribution in [1.82, 2.24) is 14.5 Å². The van der Waals surface area contributed by atoms with Crippen molar-refractivity contribution >= 4 is 16.8 Å². The van der Waals surface area contributed by atoms with Gasteiger partial charge in [0.1, 0.15) is 5.82 Å². The van der Waals surface area contributed by atoms with Crippen LogP contribution in [0.2, 0.25) is 0 Å². The van der Waals surface area contributed by atoms with Gasteiger partial charge in [0, 0.05) is 12.1 Å². The highest BCUT2D eigenvalue weighted by atomic mass is 16.2. The maximum atomic E-state index is 13.8. The van der Waals surface area contributed by atoms with Crippen LogP contribution in [0.1, 0.15) is 53.6 Å². The van der Waals surface area contributed by atoms with Crippen LogP contribution in [0.15, 0.2) is 77.6 Å². The summed E-state index contributed by atoms with van der Waals surface area (Å²) in [6, 6.07) is 22.3. The number of fused-ring (bicyclic) bond motifs is 1. The van der Waals surface area contributed by atoms with Crippen LogP contribution < -0.4 is 5.56 Å². The normalized spacial score (nSPS) is 12.0. The van der Waals surface area contributed by atoms with Gasteiger partial charge in [-0.05, 0) is 63.1 Å². The summed E-state index contributed by atoms with van der Waals surface area (Å²) in [5.41, 5.74) is 4.05. The summed E-state index contributed by atoms with van der Waals surface area (Å²) in [5.74, 6) is 0.513. The molecule has 0 N–H and O–H groups in total. The number of aromatic nitrogens is 2. The van der Waals surface area contributed by atoms with E-state index in [1.807, 2.05) is 99.3 Å². The number of benzene rings is 3. The lowest BCUT2D eigenvalue weighted by Gasteiger charge is -2.32. The van der Waals surface area contributed by atoms with Crippen molar-refractivity contribution in [2.45, 2.75) is 40.2 Å². The Hall–Kier alpha value is -3.73. The maximum absolute atomic E-state index is 13.8. The minimum atomic E-state index is -0.360. The molecule has 1 heterocycles. The lowest BCUT2D eigenvalue weighted by molar-refractivity contribution is 0.0672. The molecule has 1 unspecified atom stereocenters. The third-order valence-corrected chi connectivity index (χ3v) is 6.08. The second kappa shape index (κ2) is 9.41. The zero-order valence-electron chi connectivity index (χ0n) is 19.6. The van der Waals surface area contributed by atoms with Crippen LogP contribution >= 0.6 is 0 Å². The van der Waals surface area contributed by atoms with Crippen LogP contribution in [0.25, 0.3) is 16.6 Å². The standard InChI is InChI=1S/C28H29N3O2/c1-5-24(30(6-2)27(32)21-12-8-7-9-13-21)26-29-23-15-11-10-14-22(23)28(33)31(26)25-17-16-19(3)18-20(25)4/h7-18,24H,5-6H2,1-4H3. The topological polar surface area (TPSA) is 55.2 Å². The van der Waals surface area contributed by atoms with Crippen LogP contribution in [0.3, 0.4) is 0 Å². The molecule has 1 atom stereocenters. The lowest BCUT2D eigenvalue weighted by atomic mass is 10.1. The summed E-state index contributed by atoms with van der Waals surface area (Å²) in [7, 11) is 0. The molecule has 5 heteroatoms. The monoisotopic (exact) mass is 439 g/mol. The molecule has 1 amide bonds. The van der Waals surface area contributed by atoms with Crippen molar-refractivity contribution in [2.24, 2.45) is 0 Å². The maximum Gasteiger partial charge on any atom is 0.266 e. The van der Waals surface area contributed by atoms with Gasteiger partial charge in [0.05, 0.1) is 22.6 Å². The zero-order valence-corrected chi connectivity index (χ0v) is 19.6. The molecule has 0 aliphatic heterocycles. The highest BCUT2D eigenvalue weighted by Gasteiger charge is 2.29. The average molecular weight is 440 g/mol. The van der Waals surface area contributed by atoms with Crippen LogP contribution in [0.4, 0.5) is 0 Å². The molecule has 0 bridgehead atoms. The Bertz CT molecular complexity index is 1360. The molecule has 3 aromatic carbocycles. The van der Waals surface area contributed by atoms with E-state index >= 15 is 0 Å². The minimum Gasteiger partial charge on any atom is -0.329 e. The van der Waals surface area contributed by atoms with E-state index < -0.39 is 0 Å². The summed E-state index contributed by atoms with van der Waals surface area (Å²) < 4.78 is 1.70. The van der Waals surface area contributed by atoms with Gasteiger partial charge in [0.15, 0.2) is 0 Å². The average Bonchev–Trinajstić information content (AvgIpc) is 2.83. The molecule has 33 heavy (non-hydrogen) atoms. The number of aryl methyl sites for hydroxylation is 2. The molecule has 5 nitrogen and oxygen atoms in total. The van der Waals surface area contributed by atoms with E-state index in [0.29, 0.717) is 35.3 Å². The number of para-hydroxylation sites is 1. The highest BCUT2D eigenvalue weighted by molar-refractivity contribution is 5.94. The Morgan fingerprint density at radius 3 is 2.33 bits per heavy atom. The molecule has 0 saturated carbocycles. The fraction of sp³-hybridized carbons (Fsp3) is 0.250. The summed E-state index contributed by atoms with van der Waals surface area (Å²) >= 11 is 0. The molecular formula is C28H29N3O2. The predicted octanol–water partition coefficient (Wildman–Crippen LogP) is 5.62. The number of carbonyl (C=O) groups excluding carboxylic acids is 1. The van der Waals surface area contributed by atoms with E-state index in [1.54, 1.807) is 4.57 Å². The van der Waals surface area contributed by atoms with Crippen LogP contribution in [0, 0.1) is 13.8 Å². The predicted molar refractivity (Wildman–Crippen MR) is 133 cm³/mol. The van der Waals surface area contributed by atoms with Crippen LogP contribution in [0.5, 0.6) is 0 Å². The van der Waals surface area contributed by atoms with Crippen molar-refractivity contribution in [3.05, 3.63) is 106 Å². The SMILES string of the molecule is CCC(c1nc2ccccc2c(=O)n1-c1ccc(C)cc1C)N(CC)C(=O)c1ccccc1. The van der Waals surface area contributed by atoms with Gasteiger partial charge in [-0.1, -0.05) is 55.0 Å². The molecule has 4 aromatic rings. The minimum absolute atomic E-state index is 0.0699. The van der Waals surface area contributed by atoms with Gasteiger partial charge in [-0.2, -0.15) is 0 Å². The smallest absolute Gasteiger partial charge is 0.266 e. The molecule has 0 fully saturated rings. The third kappa shape index (κ3) is 4.19. The molecule has 4 rings (SSSR count). The number of hydrogen-bond acceptors (Lipinski definition) is 3. The molecule has 0 aliphatic rings. The molecule has 1 aromatic heterocycles. The number of carbonyl (C=O) groups is 1. The second-order valence-corrected chi connectivity index (χ2v) is 8.30. The fourth-order valence-electron chi connectivity index (χ4n) is 4.46. The van der Waals surface area contributed by atoms with E-state index in [9.17, 15) is 9.59 Å². The van der Waals surface area contributed by atoms with Gasteiger partial charge in [-0.3, -0.25) is 14.2 Å². The largest absolute Gasteiger partial charge is 0.329 e. The fourth-order valence-corrected chi connectivity index (χ4v) is 4.46. The first kappa shape index (κ1) is 22.5. The first-order valence-electron chi connectivity index (χ1n) is 11.4. The van der Waals surface area contributed by atoms with Crippen molar-refractivity contribution < 1.29 is 4.79 Å². The van der Waals surface area contributed by atoms with Crippen molar-refractivity contribution in [1.29, 1.82) is 0 Å². The quantitative estimate of drug-likeness (QED) is 0.392. The third-order valence-electron chi connectivity index (χ3n) is 6.08. The van der Waals surface area contributed by atoms with Crippen molar-refractivity contribution in [3.8, 4) is 5.69 Å². The molecule has 0 radical (unpaired) electrons. The number of hydrogen-bond donors (Lipinski definition) is 0. The Balaban J connectivity index is 1.98. The number of nitrogens with zero attached hydrogens (tertiary/aromatic N) is 3. The summed E-state index contributed by atoms with van der Waals surface area (Å²) in [6.45, 7) is 8.53. The van der Waals surface area contributed by atoms with Gasteiger partial charge in [0.2, 0.25) is 0 Å². The van der Waals surface area contributed by atoms with Crippen molar-refractivity contribution in [3.63, 3.8) is 0 Å². The Labute approximate surface area is 194 Å². The first-order valence-corrected chi connectivity index (χ1v) is 11.4. The zero-order chi connectivity index (χ0) is 23.5. The van der Waals surface area contributed by atoms with Gasteiger partial charge in [0.25, 0.3) is 11.5 Å². The van der Waals surface area contributed by atoms with Gasteiger partial charge in [-0.15, -0.1) is 0 Å². The van der Waals surface area contributed by atoms with E-state index in [2.05, 4.69) is 6.07 Å². The van der Waals surface area contributed by atoms with Gasteiger partial charge in [-0.25, -0.2) is 4.98 Å². The molecular weight excluding hydrogens is 410 g/mol. The summed E-state index contributed by atoms with van der Waals surface area (Å²) in [5, 5.41) is 0.563. The highest BCUT2D eigenvalue weighted by Crippen LogP contribution is 2.28. The van der Waals surface area contributed by atoms with Gasteiger partial charge < -0.3 is 4.90 Å². The Morgan fingerprint density at radius 2 is 1.67 bits per heavy atom. The Morgan fingerprint density at radius 1 is 0.970 bits per heavy atom. The number of amides is 1. The van der Waals surface area contributed by atoms with E-state index in [-0.39, 0.29) is 17.5 Å². The van der Waals surface area contributed by atoms with E-state index in [4.69, 9.17) is 4.98 Å². The van der Waals surface area contributed by atoms with Crippen molar-refractivity contribution in [2.75, 3.05) is 6.54 Å².